The third kappa shape index (κ3) is 4.05. The third-order valence-electron chi connectivity index (χ3n) is 4.55. The molecule has 0 spiro atoms. The summed E-state index contributed by atoms with van der Waals surface area (Å²) in [4.78, 5) is 16.9. The van der Waals surface area contributed by atoms with E-state index in [9.17, 15) is 4.79 Å². The minimum atomic E-state index is 0.251. The van der Waals surface area contributed by atoms with Crippen molar-refractivity contribution in [2.45, 2.75) is 25.8 Å². The first kappa shape index (κ1) is 14.5. The second-order valence-corrected chi connectivity index (χ2v) is 6.32. The van der Waals surface area contributed by atoms with Crippen LogP contribution < -0.4 is 5.73 Å². The molecule has 114 valence electrons. The molecule has 0 aromatic heterocycles. The summed E-state index contributed by atoms with van der Waals surface area (Å²) in [5.41, 5.74) is 7.78. The molecule has 4 nitrogen and oxygen atoms in total. The fourth-order valence-electron chi connectivity index (χ4n) is 2.93. The van der Waals surface area contributed by atoms with Gasteiger partial charge in [0.05, 0.1) is 6.42 Å². The van der Waals surface area contributed by atoms with Crippen LogP contribution in [0.5, 0.6) is 0 Å². The fourth-order valence-corrected chi connectivity index (χ4v) is 2.93. The van der Waals surface area contributed by atoms with E-state index in [1.165, 1.54) is 19.4 Å². The zero-order valence-corrected chi connectivity index (χ0v) is 12.6. The molecule has 2 aliphatic rings. The summed E-state index contributed by atoms with van der Waals surface area (Å²) in [6.07, 6.45) is 3.31. The first-order valence-electron chi connectivity index (χ1n) is 8.02. The number of rotatable bonds is 5. The Morgan fingerprint density at radius 2 is 1.67 bits per heavy atom. The highest BCUT2D eigenvalue weighted by atomic mass is 16.2. The summed E-state index contributed by atoms with van der Waals surface area (Å²) in [5, 5.41) is 0. The van der Waals surface area contributed by atoms with Crippen molar-refractivity contribution < 1.29 is 4.79 Å². The van der Waals surface area contributed by atoms with Crippen LogP contribution in [0.25, 0.3) is 0 Å². The molecule has 1 amide bonds. The molecule has 0 bridgehead atoms. The van der Waals surface area contributed by atoms with E-state index < -0.39 is 0 Å². The predicted molar refractivity (Wildman–Crippen MR) is 83.8 cm³/mol. The fraction of sp³-hybridized carbons (Fsp3) is 0.588. The van der Waals surface area contributed by atoms with Gasteiger partial charge in [-0.05, 0) is 29.9 Å². The molecule has 1 aromatic carbocycles. The van der Waals surface area contributed by atoms with Crippen molar-refractivity contribution in [1.29, 1.82) is 0 Å². The van der Waals surface area contributed by atoms with Gasteiger partial charge >= 0.3 is 0 Å². The molecule has 0 atom stereocenters. The highest BCUT2D eigenvalue weighted by molar-refractivity contribution is 5.78. The normalized spacial score (nSPS) is 19.8. The van der Waals surface area contributed by atoms with Gasteiger partial charge in [0.1, 0.15) is 0 Å². The maximum atomic E-state index is 12.3. The van der Waals surface area contributed by atoms with Gasteiger partial charge in [-0.3, -0.25) is 9.69 Å². The lowest BCUT2D eigenvalue weighted by Crippen LogP contribution is -2.49. The van der Waals surface area contributed by atoms with E-state index in [0.29, 0.717) is 13.0 Å². The average molecular weight is 287 g/mol. The Morgan fingerprint density at radius 3 is 2.24 bits per heavy atom. The van der Waals surface area contributed by atoms with Crippen molar-refractivity contribution >= 4 is 5.91 Å². The molecule has 1 saturated heterocycles. The van der Waals surface area contributed by atoms with Crippen LogP contribution in [-0.2, 0) is 17.8 Å². The summed E-state index contributed by atoms with van der Waals surface area (Å²) in [6, 6.07) is 8.05. The lowest BCUT2D eigenvalue weighted by atomic mass is 10.1. The van der Waals surface area contributed by atoms with E-state index in [2.05, 4.69) is 4.90 Å². The first-order valence-corrected chi connectivity index (χ1v) is 8.02. The first-order chi connectivity index (χ1) is 10.2. The summed E-state index contributed by atoms with van der Waals surface area (Å²) < 4.78 is 0. The van der Waals surface area contributed by atoms with Gasteiger partial charge in [0.25, 0.3) is 0 Å². The minimum Gasteiger partial charge on any atom is -0.340 e. The van der Waals surface area contributed by atoms with Gasteiger partial charge in [0.2, 0.25) is 5.91 Å². The van der Waals surface area contributed by atoms with E-state index in [4.69, 9.17) is 5.73 Å². The van der Waals surface area contributed by atoms with Gasteiger partial charge < -0.3 is 10.6 Å². The Morgan fingerprint density at radius 1 is 1.05 bits per heavy atom. The molecule has 4 heteroatoms. The van der Waals surface area contributed by atoms with Crippen molar-refractivity contribution in [2.75, 3.05) is 32.7 Å². The van der Waals surface area contributed by atoms with Crippen LogP contribution in [0, 0.1) is 5.92 Å². The average Bonchev–Trinajstić information content (AvgIpc) is 3.33. The lowest BCUT2D eigenvalue weighted by Gasteiger charge is -2.34. The number of hydrogen-bond acceptors (Lipinski definition) is 3. The molecule has 3 rings (SSSR count). The second-order valence-electron chi connectivity index (χ2n) is 6.32. The van der Waals surface area contributed by atoms with Crippen molar-refractivity contribution in [3.05, 3.63) is 35.4 Å². The molecule has 1 aliphatic carbocycles. The van der Waals surface area contributed by atoms with E-state index in [1.807, 2.05) is 29.2 Å². The lowest BCUT2D eigenvalue weighted by molar-refractivity contribution is -0.132. The van der Waals surface area contributed by atoms with E-state index >= 15 is 0 Å². The summed E-state index contributed by atoms with van der Waals surface area (Å²) >= 11 is 0. The van der Waals surface area contributed by atoms with Gasteiger partial charge in [-0.2, -0.15) is 0 Å². The third-order valence-corrected chi connectivity index (χ3v) is 4.55. The van der Waals surface area contributed by atoms with Crippen LogP contribution in [-0.4, -0.2) is 48.4 Å². The van der Waals surface area contributed by atoms with E-state index in [1.54, 1.807) is 0 Å². The molecule has 1 aromatic rings. The number of carbonyl (C=O) groups excluding carboxylic acids is 1. The number of piperazine rings is 1. The molecule has 0 unspecified atom stereocenters. The van der Waals surface area contributed by atoms with Crippen LogP contribution in [0.3, 0.4) is 0 Å². The van der Waals surface area contributed by atoms with Crippen LogP contribution in [0.1, 0.15) is 24.0 Å². The number of amides is 1. The quantitative estimate of drug-likeness (QED) is 0.886. The van der Waals surface area contributed by atoms with Gasteiger partial charge in [-0.15, -0.1) is 0 Å². The standard InChI is InChI=1S/C17H25N3O/c18-12-15-3-1-14(2-4-15)11-17(21)20-9-7-19(8-10-20)13-16-5-6-16/h1-4,16H,5-13,18H2. The van der Waals surface area contributed by atoms with Crippen LogP contribution >= 0.6 is 0 Å². The number of hydrogen-bond donors (Lipinski definition) is 1. The van der Waals surface area contributed by atoms with Crippen LogP contribution in [0.4, 0.5) is 0 Å². The molecule has 1 aliphatic heterocycles. The SMILES string of the molecule is NCc1ccc(CC(=O)N2CCN(CC3CC3)CC2)cc1. The second kappa shape index (κ2) is 6.58. The maximum absolute atomic E-state index is 12.3. The van der Waals surface area contributed by atoms with Crippen molar-refractivity contribution in [3.63, 3.8) is 0 Å². The molecular formula is C17H25N3O. The molecule has 2 fully saturated rings. The van der Waals surface area contributed by atoms with Crippen LogP contribution in [0.2, 0.25) is 0 Å². The van der Waals surface area contributed by atoms with E-state index in [0.717, 1.165) is 43.2 Å². The smallest absolute Gasteiger partial charge is 0.227 e. The van der Waals surface area contributed by atoms with Gasteiger partial charge in [0.15, 0.2) is 0 Å². The molecule has 1 heterocycles. The van der Waals surface area contributed by atoms with E-state index in [-0.39, 0.29) is 5.91 Å². The summed E-state index contributed by atoms with van der Waals surface area (Å²) in [6.45, 7) is 5.63. The number of nitrogens with zero attached hydrogens (tertiary/aromatic N) is 2. The Bertz CT molecular complexity index is 473. The monoisotopic (exact) mass is 287 g/mol. The van der Waals surface area contributed by atoms with Gasteiger partial charge in [-0.25, -0.2) is 0 Å². The predicted octanol–water partition coefficient (Wildman–Crippen LogP) is 1.24. The Kier molecular flexibility index (Phi) is 4.56. The highest BCUT2D eigenvalue weighted by Crippen LogP contribution is 2.29. The van der Waals surface area contributed by atoms with Gasteiger partial charge in [0, 0.05) is 39.3 Å². The largest absolute Gasteiger partial charge is 0.340 e. The Balaban J connectivity index is 1.46. The summed E-state index contributed by atoms with van der Waals surface area (Å²) in [5.74, 6) is 1.19. The van der Waals surface area contributed by atoms with Crippen molar-refractivity contribution in [1.82, 2.24) is 9.80 Å². The topological polar surface area (TPSA) is 49.6 Å². The van der Waals surface area contributed by atoms with Crippen molar-refractivity contribution in [3.8, 4) is 0 Å². The molecule has 2 N–H and O–H groups in total. The Labute approximate surface area is 126 Å². The number of nitrogens with two attached hydrogens (primary N) is 1. The van der Waals surface area contributed by atoms with Crippen LogP contribution in [0.15, 0.2) is 24.3 Å². The number of benzene rings is 1. The molecule has 0 radical (unpaired) electrons. The highest BCUT2D eigenvalue weighted by Gasteiger charge is 2.27. The summed E-state index contributed by atoms with van der Waals surface area (Å²) in [7, 11) is 0. The molecular weight excluding hydrogens is 262 g/mol. The zero-order valence-electron chi connectivity index (χ0n) is 12.6. The minimum absolute atomic E-state index is 0.251. The van der Waals surface area contributed by atoms with Crippen molar-refractivity contribution in [2.24, 2.45) is 11.7 Å². The molecule has 21 heavy (non-hydrogen) atoms. The molecule has 1 saturated carbocycles. The maximum Gasteiger partial charge on any atom is 0.227 e. The number of carbonyl (C=O) groups is 1. The zero-order chi connectivity index (χ0) is 14.7. The Hall–Kier alpha value is -1.39. The van der Waals surface area contributed by atoms with Gasteiger partial charge in [-0.1, -0.05) is 24.3 Å².